The third kappa shape index (κ3) is 14.0. The fraction of sp³-hybridized carbons (Fsp3) is 0.175. The third-order valence-electron chi connectivity index (χ3n) is 21.0. The number of hydrogen-bond acceptors (Lipinski definition) is 4. The largest absolute Gasteiger partial charge is 0.310 e. The van der Waals surface area contributed by atoms with Crippen molar-refractivity contribution in [3.8, 4) is 33.4 Å². The molecule has 0 aliphatic heterocycles. The molecule has 1 aliphatic rings. The summed E-state index contributed by atoms with van der Waals surface area (Å²) in [5.74, 6) is 0. The lowest BCUT2D eigenvalue weighted by Gasteiger charge is -2.35. The van der Waals surface area contributed by atoms with Crippen LogP contribution in [0, 0.1) is 0 Å². The average molecular weight is 1310 g/mol. The second-order valence-electron chi connectivity index (χ2n) is 27.4. The Labute approximate surface area is 599 Å². The van der Waals surface area contributed by atoms with Gasteiger partial charge < -0.3 is 19.6 Å². The van der Waals surface area contributed by atoms with Gasteiger partial charge in [0, 0.05) is 73.1 Å². The molecule has 0 heterocycles. The number of nitrogens with zero attached hydrogens (tertiary/aromatic N) is 4. The van der Waals surface area contributed by atoms with Gasteiger partial charge in [-0.1, -0.05) is 297 Å². The predicted molar refractivity (Wildman–Crippen MR) is 433 cm³/mol. The number of benzene rings is 14. The number of anilines is 12. The number of para-hydroxylation sites is 4. The van der Waals surface area contributed by atoms with Gasteiger partial charge in [0.1, 0.15) is 0 Å². The van der Waals surface area contributed by atoms with Crippen LogP contribution >= 0.6 is 0 Å². The minimum atomic E-state index is -0.198. The molecule has 0 atom stereocenters. The molecular weight excluding hydrogens is 1220 g/mol. The van der Waals surface area contributed by atoms with E-state index in [4.69, 9.17) is 0 Å². The highest BCUT2D eigenvalue weighted by molar-refractivity contribution is 6.01. The predicted octanol–water partition coefficient (Wildman–Crippen LogP) is 29.0. The zero-order valence-corrected chi connectivity index (χ0v) is 58.5. The SMILES string of the molecule is CCCCCCCCC1(CCCCCCCC)c2cc(N(c3ccccc3)c3ccc(-c4ccc(N(c5ccccc5)c5cccc6ccccc56)cc4)cc3)ccc2-c2ccc(N(c3ccccc3)c3ccc(-c4ccc(N(c5ccccc5)c5cccc6ccccc56)cc4)cc3)cc21. The summed E-state index contributed by atoms with van der Waals surface area (Å²) in [4.78, 5) is 9.74. The summed E-state index contributed by atoms with van der Waals surface area (Å²) in [6, 6.07) is 126. The Balaban J connectivity index is 0.778. The van der Waals surface area contributed by atoms with E-state index < -0.39 is 0 Å². The van der Waals surface area contributed by atoms with E-state index in [0.29, 0.717) is 0 Å². The first-order chi connectivity index (χ1) is 50.0. The quantitative estimate of drug-likeness (QED) is 0.0453. The summed E-state index contributed by atoms with van der Waals surface area (Å²) in [6.07, 6.45) is 17.3. The van der Waals surface area contributed by atoms with Crippen LogP contribution in [-0.4, -0.2) is 0 Å². The first kappa shape index (κ1) is 65.7. The first-order valence-electron chi connectivity index (χ1n) is 37.1. The van der Waals surface area contributed by atoms with Gasteiger partial charge in [-0.2, -0.15) is 0 Å². The Kier molecular flexibility index (Phi) is 20.1. The summed E-state index contributed by atoms with van der Waals surface area (Å²) >= 11 is 0. The third-order valence-corrected chi connectivity index (χ3v) is 21.0. The summed E-state index contributed by atoms with van der Waals surface area (Å²) < 4.78 is 0. The lowest BCUT2D eigenvalue weighted by atomic mass is 9.70. The smallest absolute Gasteiger partial charge is 0.0540 e. The number of hydrogen-bond donors (Lipinski definition) is 0. The molecule has 498 valence electrons. The summed E-state index contributed by atoms with van der Waals surface area (Å²) in [5, 5.41) is 4.89. The second kappa shape index (κ2) is 30.9. The van der Waals surface area contributed by atoms with Gasteiger partial charge in [-0.3, -0.25) is 0 Å². The van der Waals surface area contributed by atoms with Crippen LogP contribution in [0.25, 0.3) is 54.9 Å². The molecule has 0 N–H and O–H groups in total. The van der Waals surface area contributed by atoms with E-state index in [-0.39, 0.29) is 5.41 Å². The standard InChI is InChI=1S/C97H90N4/c1-3-5-7-9-11-29-69-97(70-30-12-10-8-6-4-2)93-71-87(98(79-37-17-13-18-38-79)83-57-49-73(50-58-83)75-53-61-85(62-54-75)100(81-41-21-15-22-42-81)95-47-31-35-77-33-25-27-45-89(77)95)65-67-91(93)92-68-66-88(72-94(92)97)99(80-39-19-14-20-40-80)84-59-51-74(52-60-84)76-55-63-86(64-56-76)101(82-43-23-16-24-44-82)96-48-32-36-78-34-26-28-46-90(78)96/h13-28,31-68,71-72H,3-12,29-30,69-70H2,1-2H3. The van der Waals surface area contributed by atoms with Gasteiger partial charge >= 0.3 is 0 Å². The van der Waals surface area contributed by atoms with Crippen molar-refractivity contribution >= 4 is 89.8 Å². The van der Waals surface area contributed by atoms with Crippen LogP contribution in [-0.2, 0) is 5.41 Å². The Morgan fingerprint density at radius 2 is 0.485 bits per heavy atom. The zero-order chi connectivity index (χ0) is 68.2. The maximum absolute atomic E-state index is 2.61. The van der Waals surface area contributed by atoms with Crippen molar-refractivity contribution < 1.29 is 0 Å². The van der Waals surface area contributed by atoms with Gasteiger partial charge in [-0.05, 0) is 202 Å². The van der Waals surface area contributed by atoms with E-state index in [9.17, 15) is 0 Å². The summed E-state index contributed by atoms with van der Waals surface area (Å²) in [7, 11) is 0. The van der Waals surface area contributed by atoms with E-state index in [1.807, 2.05) is 0 Å². The molecule has 0 fully saturated rings. The maximum Gasteiger partial charge on any atom is 0.0540 e. The van der Waals surface area contributed by atoms with Crippen molar-refractivity contribution in [1.29, 1.82) is 0 Å². The molecular formula is C97H90N4. The normalized spacial score (nSPS) is 12.1. The first-order valence-corrected chi connectivity index (χ1v) is 37.1. The minimum absolute atomic E-state index is 0.198. The van der Waals surface area contributed by atoms with E-state index >= 15 is 0 Å². The maximum atomic E-state index is 2.61. The number of fused-ring (bicyclic) bond motifs is 5. The van der Waals surface area contributed by atoms with Crippen LogP contribution < -0.4 is 19.6 Å². The van der Waals surface area contributed by atoms with Crippen LogP contribution in [0.4, 0.5) is 68.2 Å². The molecule has 1 aliphatic carbocycles. The molecule has 14 aromatic carbocycles. The lowest BCUT2D eigenvalue weighted by Crippen LogP contribution is -2.26. The van der Waals surface area contributed by atoms with Crippen molar-refractivity contribution in [3.05, 3.63) is 351 Å². The molecule has 0 saturated carbocycles. The second-order valence-corrected chi connectivity index (χ2v) is 27.4. The fourth-order valence-corrected chi connectivity index (χ4v) is 15.9. The summed E-state index contributed by atoms with van der Waals surface area (Å²) in [5.41, 5.74) is 23.9. The molecule has 4 nitrogen and oxygen atoms in total. The fourth-order valence-electron chi connectivity index (χ4n) is 15.9. The molecule has 0 amide bonds. The highest BCUT2D eigenvalue weighted by Gasteiger charge is 2.43. The van der Waals surface area contributed by atoms with Crippen molar-refractivity contribution in [3.63, 3.8) is 0 Å². The van der Waals surface area contributed by atoms with Gasteiger partial charge in [0.25, 0.3) is 0 Å². The van der Waals surface area contributed by atoms with E-state index in [1.54, 1.807) is 0 Å². The van der Waals surface area contributed by atoms with E-state index in [2.05, 4.69) is 373 Å². The molecule has 0 unspecified atom stereocenters. The van der Waals surface area contributed by atoms with Gasteiger partial charge in [-0.15, -0.1) is 0 Å². The van der Waals surface area contributed by atoms with Crippen molar-refractivity contribution in [2.24, 2.45) is 0 Å². The topological polar surface area (TPSA) is 13.0 Å². The Hall–Kier alpha value is -11.2. The minimum Gasteiger partial charge on any atom is -0.310 e. The van der Waals surface area contributed by atoms with Gasteiger partial charge in [0.2, 0.25) is 0 Å². The van der Waals surface area contributed by atoms with E-state index in [0.717, 1.165) is 69.7 Å². The monoisotopic (exact) mass is 1310 g/mol. The van der Waals surface area contributed by atoms with Crippen molar-refractivity contribution in [2.45, 2.75) is 109 Å². The summed E-state index contributed by atoms with van der Waals surface area (Å²) in [6.45, 7) is 4.66. The molecule has 101 heavy (non-hydrogen) atoms. The molecule has 0 aromatic heterocycles. The molecule has 14 aromatic rings. The molecule has 0 bridgehead atoms. The van der Waals surface area contributed by atoms with Crippen LogP contribution in [0.15, 0.2) is 340 Å². The molecule has 15 rings (SSSR count). The van der Waals surface area contributed by atoms with Crippen molar-refractivity contribution in [1.82, 2.24) is 0 Å². The Morgan fingerprint density at radius 3 is 0.832 bits per heavy atom. The van der Waals surface area contributed by atoms with Crippen LogP contribution in [0.1, 0.15) is 115 Å². The highest BCUT2D eigenvalue weighted by atomic mass is 15.2. The molecule has 4 heteroatoms. The lowest BCUT2D eigenvalue weighted by molar-refractivity contribution is 0.398. The van der Waals surface area contributed by atoms with Gasteiger partial charge in [0.05, 0.1) is 11.4 Å². The molecule has 0 saturated heterocycles. The number of rotatable bonds is 28. The van der Waals surface area contributed by atoms with E-state index in [1.165, 1.54) is 154 Å². The van der Waals surface area contributed by atoms with Gasteiger partial charge in [-0.25, -0.2) is 0 Å². The average Bonchev–Trinajstić information content (AvgIpc) is 1.56. The Bertz CT molecular complexity index is 4680. The molecule has 0 radical (unpaired) electrons. The zero-order valence-electron chi connectivity index (χ0n) is 58.5. The van der Waals surface area contributed by atoms with Crippen LogP contribution in [0.2, 0.25) is 0 Å². The highest BCUT2D eigenvalue weighted by Crippen LogP contribution is 2.57. The van der Waals surface area contributed by atoms with Gasteiger partial charge in [0.15, 0.2) is 0 Å². The van der Waals surface area contributed by atoms with Crippen LogP contribution in [0.5, 0.6) is 0 Å². The number of unbranched alkanes of at least 4 members (excludes halogenated alkanes) is 10. The Morgan fingerprint density at radius 1 is 0.218 bits per heavy atom. The molecule has 0 spiro atoms. The van der Waals surface area contributed by atoms with Crippen molar-refractivity contribution in [2.75, 3.05) is 19.6 Å². The van der Waals surface area contributed by atoms with Crippen LogP contribution in [0.3, 0.4) is 0 Å².